The Morgan fingerprint density at radius 2 is 2.12 bits per heavy atom. The standard InChI is InChI=1S/C12H21NO3/c1-3-6-10(14)13-12(2)8-5-4-7-9(12)11(15)16/h9H,3-8H2,1-2H3,(H,13,14)(H,15,16). The molecule has 16 heavy (non-hydrogen) atoms. The Bertz CT molecular complexity index is 277. The zero-order chi connectivity index (χ0) is 12.2. The fraction of sp³-hybridized carbons (Fsp3) is 0.833. The number of carbonyl (C=O) groups excluding carboxylic acids is 1. The monoisotopic (exact) mass is 227 g/mol. The fourth-order valence-corrected chi connectivity index (χ4v) is 2.49. The Labute approximate surface area is 96.4 Å². The number of hydrogen-bond donors (Lipinski definition) is 2. The first-order valence-electron chi connectivity index (χ1n) is 6.03. The maximum absolute atomic E-state index is 11.6. The van der Waals surface area contributed by atoms with Gasteiger partial charge >= 0.3 is 5.97 Å². The second kappa shape index (κ2) is 5.32. The number of carbonyl (C=O) groups is 2. The van der Waals surface area contributed by atoms with Gasteiger partial charge < -0.3 is 10.4 Å². The third-order valence-corrected chi connectivity index (χ3v) is 3.41. The van der Waals surface area contributed by atoms with Crippen LogP contribution in [0.4, 0.5) is 0 Å². The minimum atomic E-state index is -0.793. The molecule has 4 heteroatoms. The predicted molar refractivity (Wildman–Crippen MR) is 61.0 cm³/mol. The first-order chi connectivity index (χ1) is 7.49. The Morgan fingerprint density at radius 3 is 2.69 bits per heavy atom. The molecular formula is C12H21NO3. The van der Waals surface area contributed by atoms with E-state index in [-0.39, 0.29) is 5.91 Å². The van der Waals surface area contributed by atoms with Crippen molar-refractivity contribution in [1.82, 2.24) is 5.32 Å². The zero-order valence-electron chi connectivity index (χ0n) is 10.1. The lowest BCUT2D eigenvalue weighted by atomic mass is 9.74. The van der Waals surface area contributed by atoms with Gasteiger partial charge in [0.25, 0.3) is 0 Å². The van der Waals surface area contributed by atoms with E-state index in [0.717, 1.165) is 25.7 Å². The molecule has 4 nitrogen and oxygen atoms in total. The molecular weight excluding hydrogens is 206 g/mol. The SMILES string of the molecule is CCCC(=O)NC1(C)CCCCC1C(=O)O. The minimum absolute atomic E-state index is 0.0295. The molecule has 0 heterocycles. The number of aliphatic carboxylic acids is 1. The van der Waals surface area contributed by atoms with Crippen molar-refractivity contribution in [3.05, 3.63) is 0 Å². The van der Waals surface area contributed by atoms with Gasteiger partial charge in [-0.1, -0.05) is 19.8 Å². The van der Waals surface area contributed by atoms with Gasteiger partial charge in [-0.25, -0.2) is 0 Å². The topological polar surface area (TPSA) is 66.4 Å². The molecule has 1 saturated carbocycles. The van der Waals surface area contributed by atoms with Crippen molar-refractivity contribution in [3.8, 4) is 0 Å². The van der Waals surface area contributed by atoms with Crippen molar-refractivity contribution >= 4 is 11.9 Å². The van der Waals surface area contributed by atoms with E-state index in [4.69, 9.17) is 5.11 Å². The zero-order valence-corrected chi connectivity index (χ0v) is 10.1. The highest BCUT2D eigenvalue weighted by atomic mass is 16.4. The highest BCUT2D eigenvalue weighted by molar-refractivity contribution is 5.79. The van der Waals surface area contributed by atoms with Crippen LogP contribution >= 0.6 is 0 Å². The maximum atomic E-state index is 11.6. The van der Waals surface area contributed by atoms with Crippen LogP contribution in [0, 0.1) is 5.92 Å². The molecule has 2 unspecified atom stereocenters. The average molecular weight is 227 g/mol. The molecule has 0 aromatic heterocycles. The third kappa shape index (κ3) is 2.97. The molecule has 1 amide bonds. The Kier molecular flexibility index (Phi) is 4.33. The smallest absolute Gasteiger partial charge is 0.308 e. The van der Waals surface area contributed by atoms with Crippen LogP contribution in [0.2, 0.25) is 0 Å². The van der Waals surface area contributed by atoms with Gasteiger partial charge in [0.15, 0.2) is 0 Å². The van der Waals surface area contributed by atoms with Gasteiger partial charge in [0.05, 0.1) is 11.5 Å². The fourth-order valence-electron chi connectivity index (χ4n) is 2.49. The van der Waals surface area contributed by atoms with Crippen molar-refractivity contribution in [2.75, 3.05) is 0 Å². The van der Waals surface area contributed by atoms with Crippen molar-refractivity contribution in [1.29, 1.82) is 0 Å². The average Bonchev–Trinajstić information content (AvgIpc) is 2.17. The summed E-state index contributed by atoms with van der Waals surface area (Å²) in [6, 6.07) is 0. The molecule has 0 bridgehead atoms. The molecule has 0 aliphatic heterocycles. The summed E-state index contributed by atoms with van der Waals surface area (Å²) in [4.78, 5) is 22.7. The summed E-state index contributed by atoms with van der Waals surface area (Å²) in [6.07, 6.45) is 4.63. The van der Waals surface area contributed by atoms with Gasteiger partial charge in [-0.3, -0.25) is 9.59 Å². The number of rotatable bonds is 4. The molecule has 0 radical (unpaired) electrons. The lowest BCUT2D eigenvalue weighted by molar-refractivity contribution is -0.146. The molecule has 1 fully saturated rings. The van der Waals surface area contributed by atoms with E-state index >= 15 is 0 Å². The summed E-state index contributed by atoms with van der Waals surface area (Å²) in [5.41, 5.74) is -0.559. The molecule has 1 rings (SSSR count). The summed E-state index contributed by atoms with van der Waals surface area (Å²) in [5.74, 6) is -1.26. The van der Waals surface area contributed by atoms with Crippen molar-refractivity contribution in [3.63, 3.8) is 0 Å². The quantitative estimate of drug-likeness (QED) is 0.771. The van der Waals surface area contributed by atoms with Crippen LogP contribution in [-0.4, -0.2) is 22.5 Å². The second-order valence-corrected chi connectivity index (χ2v) is 4.85. The summed E-state index contributed by atoms with van der Waals surface area (Å²) >= 11 is 0. The molecule has 0 spiro atoms. The van der Waals surface area contributed by atoms with E-state index in [9.17, 15) is 9.59 Å². The summed E-state index contributed by atoms with van der Waals surface area (Å²) in [5, 5.41) is 12.1. The minimum Gasteiger partial charge on any atom is -0.481 e. The number of carboxylic acid groups (broad SMARTS) is 1. The van der Waals surface area contributed by atoms with E-state index in [0.29, 0.717) is 12.8 Å². The number of nitrogens with one attached hydrogen (secondary N) is 1. The van der Waals surface area contributed by atoms with Crippen LogP contribution in [0.1, 0.15) is 52.4 Å². The van der Waals surface area contributed by atoms with Crippen LogP contribution in [0.5, 0.6) is 0 Å². The molecule has 2 atom stereocenters. The lowest BCUT2D eigenvalue weighted by Gasteiger charge is -2.39. The van der Waals surface area contributed by atoms with Crippen LogP contribution in [-0.2, 0) is 9.59 Å². The normalized spacial score (nSPS) is 29.8. The maximum Gasteiger partial charge on any atom is 0.308 e. The summed E-state index contributed by atoms with van der Waals surface area (Å²) in [7, 11) is 0. The van der Waals surface area contributed by atoms with Crippen molar-refractivity contribution in [2.45, 2.75) is 57.9 Å². The van der Waals surface area contributed by atoms with Gasteiger partial charge in [0, 0.05) is 6.42 Å². The molecule has 0 aromatic carbocycles. The molecule has 2 N–H and O–H groups in total. The highest BCUT2D eigenvalue weighted by Crippen LogP contribution is 2.33. The van der Waals surface area contributed by atoms with E-state index < -0.39 is 17.4 Å². The third-order valence-electron chi connectivity index (χ3n) is 3.41. The van der Waals surface area contributed by atoms with Crippen LogP contribution in [0.15, 0.2) is 0 Å². The van der Waals surface area contributed by atoms with Crippen LogP contribution in [0.25, 0.3) is 0 Å². The Hall–Kier alpha value is -1.06. The van der Waals surface area contributed by atoms with E-state index in [1.165, 1.54) is 0 Å². The molecule has 92 valence electrons. The van der Waals surface area contributed by atoms with E-state index in [1.807, 2.05) is 13.8 Å². The Balaban J connectivity index is 2.70. The van der Waals surface area contributed by atoms with Crippen molar-refractivity contribution in [2.24, 2.45) is 5.92 Å². The molecule has 0 aromatic rings. The van der Waals surface area contributed by atoms with Gasteiger partial charge in [-0.2, -0.15) is 0 Å². The van der Waals surface area contributed by atoms with E-state index in [1.54, 1.807) is 0 Å². The van der Waals surface area contributed by atoms with Crippen LogP contribution < -0.4 is 5.32 Å². The molecule has 1 aliphatic rings. The first kappa shape index (κ1) is 13.0. The van der Waals surface area contributed by atoms with E-state index in [2.05, 4.69) is 5.32 Å². The van der Waals surface area contributed by atoms with Gasteiger partial charge in [0.2, 0.25) is 5.91 Å². The molecule has 1 aliphatic carbocycles. The number of hydrogen-bond acceptors (Lipinski definition) is 2. The predicted octanol–water partition coefficient (Wildman–Crippen LogP) is 1.94. The number of carboxylic acids is 1. The Morgan fingerprint density at radius 1 is 1.44 bits per heavy atom. The first-order valence-corrected chi connectivity index (χ1v) is 6.03. The van der Waals surface area contributed by atoms with Crippen molar-refractivity contribution < 1.29 is 14.7 Å². The van der Waals surface area contributed by atoms with Gasteiger partial charge in [0.1, 0.15) is 0 Å². The second-order valence-electron chi connectivity index (χ2n) is 4.85. The lowest BCUT2D eigenvalue weighted by Crippen LogP contribution is -2.55. The highest BCUT2D eigenvalue weighted by Gasteiger charge is 2.41. The van der Waals surface area contributed by atoms with Crippen LogP contribution in [0.3, 0.4) is 0 Å². The van der Waals surface area contributed by atoms with Gasteiger partial charge in [-0.05, 0) is 26.2 Å². The largest absolute Gasteiger partial charge is 0.481 e. The molecule has 0 saturated heterocycles. The summed E-state index contributed by atoms with van der Waals surface area (Å²) in [6.45, 7) is 3.80. The number of amides is 1. The summed E-state index contributed by atoms with van der Waals surface area (Å²) < 4.78 is 0. The van der Waals surface area contributed by atoms with Gasteiger partial charge in [-0.15, -0.1) is 0 Å².